The highest BCUT2D eigenvalue weighted by Gasteiger charge is 2.24. The summed E-state index contributed by atoms with van der Waals surface area (Å²) in [5.41, 5.74) is 1.66. The lowest BCUT2D eigenvalue weighted by Crippen LogP contribution is -2.37. The van der Waals surface area contributed by atoms with E-state index in [9.17, 15) is 5.11 Å². The zero-order valence-electron chi connectivity index (χ0n) is 19.7. The van der Waals surface area contributed by atoms with E-state index in [1.165, 1.54) is 0 Å². The first-order valence-electron chi connectivity index (χ1n) is 11.4. The van der Waals surface area contributed by atoms with Gasteiger partial charge in [0.15, 0.2) is 11.6 Å². The van der Waals surface area contributed by atoms with Crippen molar-refractivity contribution in [3.63, 3.8) is 0 Å². The van der Waals surface area contributed by atoms with Crippen molar-refractivity contribution in [3.8, 4) is 23.0 Å². The molecular formula is C24H31ClN6O3. The molecule has 34 heavy (non-hydrogen) atoms. The molecule has 9 nitrogen and oxygen atoms in total. The van der Waals surface area contributed by atoms with E-state index in [2.05, 4.69) is 22.4 Å². The van der Waals surface area contributed by atoms with Gasteiger partial charge in [-0.25, -0.2) is 14.6 Å². The second kappa shape index (κ2) is 11.1. The van der Waals surface area contributed by atoms with Gasteiger partial charge in [-0.15, -0.1) is 0 Å². The van der Waals surface area contributed by atoms with Gasteiger partial charge in [-0.3, -0.25) is 0 Å². The van der Waals surface area contributed by atoms with Crippen molar-refractivity contribution in [2.45, 2.75) is 31.9 Å². The van der Waals surface area contributed by atoms with Crippen molar-refractivity contribution in [2.75, 3.05) is 45.4 Å². The highest BCUT2D eigenvalue weighted by molar-refractivity contribution is 6.31. The molecule has 0 spiro atoms. The van der Waals surface area contributed by atoms with Crippen LogP contribution >= 0.6 is 11.6 Å². The molecule has 0 amide bonds. The molecule has 0 saturated carbocycles. The fraction of sp³-hybridized carbons (Fsp3) is 0.458. The lowest BCUT2D eigenvalue weighted by Gasteiger charge is -2.33. The van der Waals surface area contributed by atoms with E-state index in [1.54, 1.807) is 24.0 Å². The summed E-state index contributed by atoms with van der Waals surface area (Å²) in [6, 6.07) is 7.56. The maximum absolute atomic E-state index is 9.99. The van der Waals surface area contributed by atoms with E-state index < -0.39 is 6.10 Å². The van der Waals surface area contributed by atoms with Crippen LogP contribution < -0.4 is 15.0 Å². The van der Waals surface area contributed by atoms with Gasteiger partial charge in [-0.1, -0.05) is 11.6 Å². The number of rotatable bonds is 9. The van der Waals surface area contributed by atoms with Crippen LogP contribution in [0.2, 0.25) is 5.02 Å². The van der Waals surface area contributed by atoms with Crippen LogP contribution in [-0.2, 0) is 4.74 Å². The van der Waals surface area contributed by atoms with Crippen LogP contribution in [0.5, 0.6) is 5.75 Å². The third-order valence-corrected chi connectivity index (χ3v) is 6.12. The lowest BCUT2D eigenvalue weighted by atomic mass is 10.1. The third kappa shape index (κ3) is 5.67. The van der Waals surface area contributed by atoms with Crippen LogP contribution in [0.15, 0.2) is 36.7 Å². The van der Waals surface area contributed by atoms with Gasteiger partial charge < -0.3 is 24.8 Å². The van der Waals surface area contributed by atoms with E-state index >= 15 is 0 Å². The van der Waals surface area contributed by atoms with Gasteiger partial charge in [-0.2, -0.15) is 5.10 Å². The number of nitrogens with one attached hydrogen (secondary N) is 1. The zero-order valence-corrected chi connectivity index (χ0v) is 20.5. The average Bonchev–Trinajstić information content (AvgIpc) is 3.38. The summed E-state index contributed by atoms with van der Waals surface area (Å²) in [5, 5.41) is 17.8. The van der Waals surface area contributed by atoms with Crippen molar-refractivity contribution in [1.29, 1.82) is 0 Å². The molecule has 1 aliphatic rings. The Morgan fingerprint density at radius 3 is 2.79 bits per heavy atom. The summed E-state index contributed by atoms with van der Waals surface area (Å²) < 4.78 is 13.1. The van der Waals surface area contributed by atoms with Crippen molar-refractivity contribution in [3.05, 3.63) is 47.2 Å². The highest BCUT2D eigenvalue weighted by Crippen LogP contribution is 2.32. The number of aliphatic hydroxyl groups is 1. The summed E-state index contributed by atoms with van der Waals surface area (Å²) >= 11 is 6.42. The van der Waals surface area contributed by atoms with Gasteiger partial charge in [0, 0.05) is 61.4 Å². The first kappa shape index (κ1) is 24.4. The molecule has 1 atom stereocenters. The van der Waals surface area contributed by atoms with Crippen LogP contribution in [-0.4, -0.2) is 77.5 Å². The fourth-order valence-electron chi connectivity index (χ4n) is 4.09. The Kier molecular flexibility index (Phi) is 7.99. The Bertz CT molecular complexity index is 1090. The van der Waals surface area contributed by atoms with Gasteiger partial charge in [0.05, 0.1) is 0 Å². The van der Waals surface area contributed by atoms with E-state index in [-0.39, 0.29) is 6.61 Å². The predicted octanol–water partition coefficient (Wildman–Crippen LogP) is 2.87. The smallest absolute Gasteiger partial charge is 0.164 e. The number of ether oxygens (including phenoxy) is 2. The molecule has 182 valence electrons. The number of benzene rings is 1. The minimum absolute atomic E-state index is 0.144. The molecule has 1 aliphatic heterocycles. The van der Waals surface area contributed by atoms with Crippen LogP contribution in [0.4, 0.5) is 5.82 Å². The summed E-state index contributed by atoms with van der Waals surface area (Å²) in [5.74, 6) is 2.61. The Morgan fingerprint density at radius 1 is 1.29 bits per heavy atom. The molecule has 2 N–H and O–H groups in total. The number of nitrogens with zero attached hydrogens (tertiary/aromatic N) is 5. The summed E-state index contributed by atoms with van der Waals surface area (Å²) in [7, 11) is 3.85. The Balaban J connectivity index is 1.73. The van der Waals surface area contributed by atoms with Gasteiger partial charge in [0.25, 0.3) is 0 Å². The standard InChI is InChI=1S/C24H31ClN6O3/c1-16-23(30(3)19-5-9-33-10-6-19)28-22(29-24(16)31-8-4-7-27-31)17-11-18(25)13-21(12-17)34-15-20(32)14-26-2/h4,7-8,11-13,19-20,26,32H,5-6,9-10,14-15H2,1-3H3. The molecule has 10 heteroatoms. The molecule has 3 aromatic rings. The molecule has 0 radical (unpaired) electrons. The number of hydrogen-bond acceptors (Lipinski definition) is 8. The first-order chi connectivity index (χ1) is 16.5. The maximum Gasteiger partial charge on any atom is 0.164 e. The van der Waals surface area contributed by atoms with Gasteiger partial charge in [0.2, 0.25) is 0 Å². The number of anilines is 1. The van der Waals surface area contributed by atoms with E-state index in [0.717, 1.165) is 43.0 Å². The molecule has 4 rings (SSSR count). The van der Waals surface area contributed by atoms with Crippen molar-refractivity contribution < 1.29 is 14.6 Å². The summed E-state index contributed by atoms with van der Waals surface area (Å²) in [6.45, 7) is 4.08. The number of likely N-dealkylation sites (N-methyl/N-ethyl adjacent to an activating group) is 1. The molecule has 1 saturated heterocycles. The van der Waals surface area contributed by atoms with Gasteiger partial charge in [0.1, 0.15) is 24.3 Å². The molecule has 2 aromatic heterocycles. The summed E-state index contributed by atoms with van der Waals surface area (Å²) in [6.07, 6.45) is 4.85. The molecular weight excluding hydrogens is 456 g/mol. The van der Waals surface area contributed by atoms with Crippen LogP contribution in [0, 0.1) is 6.92 Å². The fourth-order valence-corrected chi connectivity index (χ4v) is 4.32. The average molecular weight is 487 g/mol. The molecule has 0 bridgehead atoms. The van der Waals surface area contributed by atoms with Crippen LogP contribution in [0.1, 0.15) is 18.4 Å². The van der Waals surface area contributed by atoms with E-state index in [4.69, 9.17) is 31.0 Å². The SMILES string of the molecule is CNCC(O)COc1cc(Cl)cc(-c2nc(N(C)C3CCOCC3)c(C)c(-n3cccn3)n2)c1. The van der Waals surface area contributed by atoms with Crippen molar-refractivity contribution in [2.24, 2.45) is 0 Å². The molecule has 1 fully saturated rings. The normalized spacial score (nSPS) is 15.3. The van der Waals surface area contributed by atoms with E-state index in [1.807, 2.05) is 31.3 Å². The number of aromatic nitrogens is 4. The Labute approximate surface area is 204 Å². The third-order valence-electron chi connectivity index (χ3n) is 5.90. The quantitative estimate of drug-likeness (QED) is 0.476. The second-order valence-electron chi connectivity index (χ2n) is 8.42. The van der Waals surface area contributed by atoms with Gasteiger partial charge >= 0.3 is 0 Å². The van der Waals surface area contributed by atoms with Crippen molar-refractivity contribution >= 4 is 17.4 Å². The molecule has 0 aliphatic carbocycles. The Hall–Kier alpha value is -2.72. The maximum atomic E-state index is 9.99. The summed E-state index contributed by atoms with van der Waals surface area (Å²) in [4.78, 5) is 12.0. The monoisotopic (exact) mass is 486 g/mol. The van der Waals surface area contributed by atoms with Gasteiger partial charge in [-0.05, 0) is 51.1 Å². The second-order valence-corrected chi connectivity index (χ2v) is 8.86. The minimum atomic E-state index is -0.630. The molecule has 1 aromatic carbocycles. The largest absolute Gasteiger partial charge is 0.491 e. The minimum Gasteiger partial charge on any atom is -0.491 e. The van der Waals surface area contributed by atoms with Crippen molar-refractivity contribution in [1.82, 2.24) is 25.1 Å². The Morgan fingerprint density at radius 2 is 2.09 bits per heavy atom. The predicted molar refractivity (Wildman–Crippen MR) is 132 cm³/mol. The first-order valence-corrected chi connectivity index (χ1v) is 11.8. The van der Waals surface area contributed by atoms with Crippen LogP contribution in [0.25, 0.3) is 17.2 Å². The highest BCUT2D eigenvalue weighted by atomic mass is 35.5. The lowest BCUT2D eigenvalue weighted by molar-refractivity contribution is 0.0853. The number of hydrogen-bond donors (Lipinski definition) is 2. The number of aliphatic hydroxyl groups excluding tert-OH is 1. The zero-order chi connectivity index (χ0) is 24.1. The van der Waals surface area contributed by atoms with E-state index in [0.29, 0.717) is 35.0 Å². The topological polar surface area (TPSA) is 97.6 Å². The molecule has 3 heterocycles. The number of halogens is 1. The van der Waals surface area contributed by atoms with Crippen LogP contribution in [0.3, 0.4) is 0 Å². The molecule has 1 unspecified atom stereocenters.